The van der Waals surface area contributed by atoms with Gasteiger partial charge in [-0.05, 0) is 13.3 Å². The molecule has 1 heterocycles. The van der Waals surface area contributed by atoms with Crippen LogP contribution in [0.5, 0.6) is 0 Å². The summed E-state index contributed by atoms with van der Waals surface area (Å²) < 4.78 is 1.31. The van der Waals surface area contributed by atoms with Crippen LogP contribution in [0.3, 0.4) is 0 Å². The maximum absolute atomic E-state index is 11.5. The van der Waals surface area contributed by atoms with Crippen molar-refractivity contribution >= 4 is 28.1 Å². The molecular formula is C7H11BrN2O2. The van der Waals surface area contributed by atoms with Crippen LogP contribution in [0.4, 0.5) is 4.79 Å². The lowest BCUT2D eigenvalue weighted by atomic mass is 10.00. The first kappa shape index (κ1) is 9.51. The molecule has 1 aliphatic rings. The van der Waals surface area contributed by atoms with Gasteiger partial charge in [-0.25, -0.2) is 8.72 Å². The fraction of sp³-hybridized carbons (Fsp3) is 0.714. The van der Waals surface area contributed by atoms with E-state index in [-0.39, 0.29) is 11.9 Å². The summed E-state index contributed by atoms with van der Waals surface area (Å²) in [5.41, 5.74) is -0.716. The minimum absolute atomic E-state index is 0.160. The second-order valence-corrected chi connectivity index (χ2v) is 3.76. The Kier molecular flexibility index (Phi) is 2.16. The number of amides is 3. The zero-order valence-corrected chi connectivity index (χ0v) is 8.88. The van der Waals surface area contributed by atoms with E-state index in [0.717, 1.165) is 4.90 Å². The molecule has 1 rings (SSSR count). The smallest absolute Gasteiger partial charge is 0.272 e. The van der Waals surface area contributed by atoms with E-state index < -0.39 is 5.54 Å². The van der Waals surface area contributed by atoms with E-state index in [1.54, 1.807) is 6.92 Å². The summed E-state index contributed by atoms with van der Waals surface area (Å²) in [6.07, 6.45) is 0.604. The van der Waals surface area contributed by atoms with E-state index in [1.165, 1.54) is 11.0 Å². The number of hydrogen-bond donors (Lipinski definition) is 0. The van der Waals surface area contributed by atoms with Crippen LogP contribution in [0.1, 0.15) is 20.3 Å². The van der Waals surface area contributed by atoms with Crippen molar-refractivity contribution in [2.75, 3.05) is 7.05 Å². The number of halogens is 1. The van der Waals surface area contributed by atoms with Gasteiger partial charge in [0.1, 0.15) is 5.54 Å². The van der Waals surface area contributed by atoms with Gasteiger partial charge in [0.2, 0.25) is 0 Å². The summed E-state index contributed by atoms with van der Waals surface area (Å²) >= 11 is 3.09. The van der Waals surface area contributed by atoms with Crippen LogP contribution in [-0.4, -0.2) is 33.4 Å². The molecule has 0 aromatic rings. The summed E-state index contributed by atoms with van der Waals surface area (Å²) in [4.78, 5) is 23.9. The molecule has 1 fully saturated rings. The fourth-order valence-corrected chi connectivity index (χ4v) is 1.81. The lowest BCUT2D eigenvalue weighted by Crippen LogP contribution is -2.41. The van der Waals surface area contributed by atoms with Gasteiger partial charge in [0.15, 0.2) is 0 Å². The monoisotopic (exact) mass is 234 g/mol. The Labute approximate surface area is 79.8 Å². The first-order chi connectivity index (χ1) is 5.45. The Morgan fingerprint density at radius 1 is 1.50 bits per heavy atom. The average molecular weight is 235 g/mol. The van der Waals surface area contributed by atoms with E-state index in [4.69, 9.17) is 0 Å². The van der Waals surface area contributed by atoms with E-state index in [2.05, 4.69) is 16.1 Å². The van der Waals surface area contributed by atoms with E-state index in [0.29, 0.717) is 6.42 Å². The normalized spacial score (nSPS) is 30.3. The minimum Gasteiger partial charge on any atom is -0.272 e. The van der Waals surface area contributed by atoms with Crippen LogP contribution in [0.2, 0.25) is 0 Å². The minimum atomic E-state index is -0.716. The highest BCUT2D eigenvalue weighted by Gasteiger charge is 2.50. The molecule has 68 valence electrons. The molecule has 0 spiro atoms. The highest BCUT2D eigenvalue weighted by atomic mass is 79.9. The number of carbonyl (C=O) groups excluding carboxylic acids is 2. The molecule has 4 nitrogen and oxygen atoms in total. The lowest BCUT2D eigenvalue weighted by Gasteiger charge is -2.24. The van der Waals surface area contributed by atoms with Crippen LogP contribution in [0.25, 0.3) is 0 Å². The number of rotatable bonds is 1. The van der Waals surface area contributed by atoms with Crippen LogP contribution in [0, 0.1) is 0 Å². The van der Waals surface area contributed by atoms with Gasteiger partial charge in [-0.1, -0.05) is 6.92 Å². The third kappa shape index (κ3) is 0.957. The summed E-state index contributed by atoms with van der Waals surface area (Å²) in [6.45, 7) is 3.62. The van der Waals surface area contributed by atoms with Gasteiger partial charge in [-0.15, -0.1) is 0 Å². The third-order valence-corrected chi connectivity index (χ3v) is 3.43. The van der Waals surface area contributed by atoms with E-state index >= 15 is 0 Å². The van der Waals surface area contributed by atoms with Crippen LogP contribution in [-0.2, 0) is 4.79 Å². The van der Waals surface area contributed by atoms with Gasteiger partial charge in [0.05, 0.1) is 16.1 Å². The quantitative estimate of drug-likeness (QED) is 0.508. The van der Waals surface area contributed by atoms with E-state index in [9.17, 15) is 9.59 Å². The van der Waals surface area contributed by atoms with Crippen molar-refractivity contribution < 1.29 is 9.59 Å². The fourth-order valence-electron chi connectivity index (χ4n) is 1.16. The molecule has 0 aromatic carbocycles. The summed E-state index contributed by atoms with van der Waals surface area (Å²) in [5.74, 6) is -0.160. The Bertz CT molecular complexity index is 244. The first-order valence-electron chi connectivity index (χ1n) is 3.73. The standard InChI is InChI=1S/C7H11BrN2O2/c1-4-7(2)5(11)9(3)6(12)10(7)8/h4H2,1-3H3/t7-/m1/s1. The number of likely N-dealkylation sites (N-methyl/N-ethyl adjacent to an activating group) is 1. The molecule has 0 unspecified atom stereocenters. The topological polar surface area (TPSA) is 40.6 Å². The van der Waals surface area contributed by atoms with Gasteiger partial charge in [0.25, 0.3) is 5.91 Å². The van der Waals surface area contributed by atoms with Gasteiger partial charge < -0.3 is 0 Å². The Morgan fingerprint density at radius 3 is 2.17 bits per heavy atom. The SMILES string of the molecule is CC[C@]1(C)C(=O)N(C)C(=O)N1Br. The molecule has 0 saturated carbocycles. The number of carbonyl (C=O) groups is 2. The first-order valence-corrected chi connectivity index (χ1v) is 4.44. The Balaban J connectivity index is 3.06. The maximum Gasteiger partial charge on any atom is 0.337 e. The predicted octanol–water partition coefficient (Wildman–Crippen LogP) is 1.36. The summed E-state index contributed by atoms with van der Waals surface area (Å²) in [7, 11) is 1.49. The second-order valence-electron chi connectivity index (χ2n) is 3.05. The zero-order valence-electron chi connectivity index (χ0n) is 7.30. The maximum atomic E-state index is 11.5. The van der Waals surface area contributed by atoms with E-state index in [1.807, 2.05) is 6.92 Å². The van der Waals surface area contributed by atoms with Crippen molar-refractivity contribution in [1.82, 2.24) is 8.83 Å². The van der Waals surface area contributed by atoms with Gasteiger partial charge in [-0.2, -0.15) is 0 Å². The largest absolute Gasteiger partial charge is 0.337 e. The van der Waals surface area contributed by atoms with Crippen LogP contribution >= 0.6 is 16.1 Å². The third-order valence-electron chi connectivity index (χ3n) is 2.34. The molecule has 0 aromatic heterocycles. The van der Waals surface area contributed by atoms with Gasteiger partial charge >= 0.3 is 6.03 Å². The average Bonchev–Trinajstić information content (AvgIpc) is 2.22. The van der Waals surface area contributed by atoms with Gasteiger partial charge in [-0.3, -0.25) is 9.69 Å². The Morgan fingerprint density at radius 2 is 2.00 bits per heavy atom. The number of hydrogen-bond acceptors (Lipinski definition) is 2. The van der Waals surface area contributed by atoms with Crippen molar-refractivity contribution in [1.29, 1.82) is 0 Å². The van der Waals surface area contributed by atoms with Crippen LogP contribution < -0.4 is 0 Å². The predicted molar refractivity (Wildman–Crippen MR) is 47.6 cm³/mol. The molecule has 5 heteroatoms. The Hall–Kier alpha value is -0.580. The van der Waals surface area contributed by atoms with Crippen molar-refractivity contribution in [3.8, 4) is 0 Å². The second kappa shape index (κ2) is 2.73. The zero-order chi connectivity index (χ0) is 9.52. The molecule has 12 heavy (non-hydrogen) atoms. The number of imide groups is 1. The van der Waals surface area contributed by atoms with Crippen LogP contribution in [0.15, 0.2) is 0 Å². The summed E-state index contributed by atoms with van der Waals surface area (Å²) in [6, 6.07) is -0.302. The molecule has 1 saturated heterocycles. The van der Waals surface area contributed by atoms with Crippen molar-refractivity contribution in [3.63, 3.8) is 0 Å². The molecule has 0 bridgehead atoms. The summed E-state index contributed by atoms with van der Waals surface area (Å²) in [5, 5.41) is 0. The molecule has 3 amide bonds. The molecular weight excluding hydrogens is 224 g/mol. The molecule has 0 radical (unpaired) electrons. The number of nitrogens with zero attached hydrogens (tertiary/aromatic N) is 2. The van der Waals surface area contributed by atoms with Gasteiger partial charge in [0, 0.05) is 7.05 Å². The molecule has 0 N–H and O–H groups in total. The van der Waals surface area contributed by atoms with Crippen molar-refractivity contribution in [3.05, 3.63) is 0 Å². The van der Waals surface area contributed by atoms with Crippen molar-refractivity contribution in [2.24, 2.45) is 0 Å². The van der Waals surface area contributed by atoms with Crippen molar-refractivity contribution in [2.45, 2.75) is 25.8 Å². The molecule has 1 atom stereocenters. The highest BCUT2D eigenvalue weighted by molar-refractivity contribution is 9.07. The molecule has 1 aliphatic heterocycles. The number of urea groups is 1. The molecule has 0 aliphatic carbocycles. The highest BCUT2D eigenvalue weighted by Crippen LogP contribution is 2.32. The lowest BCUT2D eigenvalue weighted by molar-refractivity contribution is -0.130.